The zero-order valence-electron chi connectivity index (χ0n) is 21.7. The first kappa shape index (κ1) is 26.4. The normalized spacial score (nSPS) is 31.0. The second-order valence-electron chi connectivity index (χ2n) is 11.5. The van der Waals surface area contributed by atoms with Gasteiger partial charge in [-0.3, -0.25) is 4.79 Å². The van der Waals surface area contributed by atoms with Gasteiger partial charge >= 0.3 is 5.97 Å². The molecule has 0 spiro atoms. The van der Waals surface area contributed by atoms with E-state index in [4.69, 9.17) is 9.47 Å². The number of rotatable bonds is 9. The van der Waals surface area contributed by atoms with Gasteiger partial charge in [0.05, 0.1) is 13.0 Å². The van der Waals surface area contributed by atoms with Crippen molar-refractivity contribution in [1.82, 2.24) is 0 Å². The SMILES string of the molecule is CCCCCCC1CCC(C2CCC3C(CCCC3C(=O)Oc3cc(F)c(OC)c(F)c3)C2)CC1. The van der Waals surface area contributed by atoms with E-state index >= 15 is 0 Å². The lowest BCUT2D eigenvalue weighted by atomic mass is 9.59. The van der Waals surface area contributed by atoms with Gasteiger partial charge in [-0.1, -0.05) is 64.7 Å². The predicted molar refractivity (Wildman–Crippen MR) is 134 cm³/mol. The minimum atomic E-state index is -0.854. The van der Waals surface area contributed by atoms with Crippen molar-refractivity contribution < 1.29 is 23.0 Å². The minimum absolute atomic E-state index is 0.0759. The summed E-state index contributed by atoms with van der Waals surface area (Å²) < 4.78 is 38.3. The molecule has 0 aliphatic heterocycles. The number of esters is 1. The standard InChI is InChI=1S/C30H44F2O3/c1-3-4-5-6-8-20-11-13-21(14-12-20)22-15-16-25-23(17-22)9-7-10-26(25)30(33)35-24-18-27(31)29(34-2)28(32)19-24/h18-23,25-26H,3-17H2,1-2H3. The van der Waals surface area contributed by atoms with Crippen molar-refractivity contribution in [3.63, 3.8) is 0 Å². The molecule has 0 N–H and O–H groups in total. The average molecular weight is 491 g/mol. The smallest absolute Gasteiger partial charge is 0.314 e. The van der Waals surface area contributed by atoms with E-state index in [1.807, 2.05) is 0 Å². The fraction of sp³-hybridized carbons (Fsp3) is 0.767. The van der Waals surface area contributed by atoms with Gasteiger partial charge in [0.15, 0.2) is 17.4 Å². The predicted octanol–water partition coefficient (Wildman–Crippen LogP) is 8.49. The highest BCUT2D eigenvalue weighted by molar-refractivity contribution is 5.75. The highest BCUT2D eigenvalue weighted by Crippen LogP contribution is 2.50. The second kappa shape index (κ2) is 12.5. The highest BCUT2D eigenvalue weighted by Gasteiger charge is 2.43. The summed E-state index contributed by atoms with van der Waals surface area (Å²) in [7, 11) is 1.21. The van der Waals surface area contributed by atoms with Crippen LogP contribution in [0.5, 0.6) is 11.5 Å². The summed E-state index contributed by atoms with van der Waals surface area (Å²) in [6.45, 7) is 2.28. The van der Waals surface area contributed by atoms with E-state index in [-0.39, 0.29) is 17.6 Å². The van der Waals surface area contributed by atoms with Crippen LogP contribution in [0.3, 0.4) is 0 Å². The van der Waals surface area contributed by atoms with Gasteiger partial charge in [-0.25, -0.2) is 8.78 Å². The lowest BCUT2D eigenvalue weighted by Gasteiger charge is -2.46. The third kappa shape index (κ3) is 6.57. The number of benzene rings is 1. The van der Waals surface area contributed by atoms with Gasteiger partial charge in [0, 0.05) is 12.1 Å². The molecular weight excluding hydrogens is 446 g/mol. The Balaban J connectivity index is 1.28. The minimum Gasteiger partial charge on any atom is -0.491 e. The summed E-state index contributed by atoms with van der Waals surface area (Å²) in [5.74, 6) is 0.803. The third-order valence-corrected chi connectivity index (χ3v) is 9.41. The van der Waals surface area contributed by atoms with Crippen molar-refractivity contribution in [2.45, 2.75) is 103 Å². The Morgan fingerprint density at radius 3 is 2.29 bits per heavy atom. The molecular formula is C30H44F2O3. The fourth-order valence-electron chi connectivity index (χ4n) is 7.51. The van der Waals surface area contributed by atoms with Crippen LogP contribution in [0.15, 0.2) is 12.1 Å². The maximum atomic E-state index is 14.1. The van der Waals surface area contributed by atoms with E-state index in [1.54, 1.807) is 0 Å². The van der Waals surface area contributed by atoms with E-state index in [0.29, 0.717) is 11.8 Å². The van der Waals surface area contributed by atoms with Gasteiger partial charge in [-0.05, 0) is 68.1 Å². The Morgan fingerprint density at radius 2 is 1.60 bits per heavy atom. The number of carbonyl (C=O) groups excluding carboxylic acids is 1. The van der Waals surface area contributed by atoms with Crippen LogP contribution in [0, 0.1) is 47.1 Å². The molecule has 0 radical (unpaired) electrons. The Morgan fingerprint density at radius 1 is 0.886 bits per heavy atom. The van der Waals surface area contributed by atoms with Gasteiger partial charge in [0.25, 0.3) is 0 Å². The van der Waals surface area contributed by atoms with Gasteiger partial charge in [-0.15, -0.1) is 0 Å². The van der Waals surface area contributed by atoms with Crippen LogP contribution < -0.4 is 9.47 Å². The molecule has 0 heterocycles. The monoisotopic (exact) mass is 490 g/mol. The molecule has 1 aromatic rings. The second-order valence-corrected chi connectivity index (χ2v) is 11.5. The Hall–Kier alpha value is -1.65. The largest absolute Gasteiger partial charge is 0.491 e. The summed E-state index contributed by atoms with van der Waals surface area (Å²) in [6.07, 6.45) is 19.1. The van der Waals surface area contributed by atoms with E-state index in [9.17, 15) is 13.6 Å². The molecule has 3 nitrogen and oxygen atoms in total. The van der Waals surface area contributed by atoms with E-state index in [1.165, 1.54) is 84.2 Å². The van der Waals surface area contributed by atoms with Crippen molar-refractivity contribution in [3.05, 3.63) is 23.8 Å². The Bertz CT molecular complexity index is 810. The Labute approximate surface area is 210 Å². The molecule has 3 fully saturated rings. The number of ether oxygens (including phenoxy) is 2. The number of hydrogen-bond donors (Lipinski definition) is 0. The molecule has 3 aliphatic carbocycles. The van der Waals surface area contributed by atoms with Crippen molar-refractivity contribution in [3.8, 4) is 11.5 Å². The third-order valence-electron chi connectivity index (χ3n) is 9.41. The van der Waals surface area contributed by atoms with Crippen molar-refractivity contribution in [2.24, 2.45) is 35.5 Å². The zero-order valence-corrected chi connectivity index (χ0v) is 21.7. The number of carbonyl (C=O) groups is 1. The summed E-state index contributed by atoms with van der Waals surface area (Å²) in [4.78, 5) is 13.0. The van der Waals surface area contributed by atoms with Gasteiger partial charge in [0.1, 0.15) is 5.75 Å². The van der Waals surface area contributed by atoms with E-state index < -0.39 is 17.4 Å². The molecule has 3 aliphatic rings. The zero-order chi connectivity index (χ0) is 24.8. The first-order valence-electron chi connectivity index (χ1n) is 14.2. The first-order chi connectivity index (χ1) is 17.0. The van der Waals surface area contributed by atoms with E-state index in [2.05, 4.69) is 6.92 Å². The van der Waals surface area contributed by atoms with Crippen molar-refractivity contribution in [1.29, 1.82) is 0 Å². The van der Waals surface area contributed by atoms with Crippen LogP contribution in [-0.4, -0.2) is 13.1 Å². The van der Waals surface area contributed by atoms with Crippen LogP contribution in [0.2, 0.25) is 0 Å². The molecule has 35 heavy (non-hydrogen) atoms. The van der Waals surface area contributed by atoms with Crippen LogP contribution in [0.25, 0.3) is 0 Å². The molecule has 196 valence electrons. The molecule has 3 saturated carbocycles. The summed E-state index contributed by atoms with van der Waals surface area (Å²) in [5.41, 5.74) is 0. The molecule has 0 aromatic heterocycles. The quantitative estimate of drug-likeness (QED) is 0.198. The number of halogens is 2. The lowest BCUT2D eigenvalue weighted by molar-refractivity contribution is -0.144. The number of fused-ring (bicyclic) bond motifs is 1. The number of hydrogen-bond acceptors (Lipinski definition) is 3. The molecule has 4 rings (SSSR count). The number of methoxy groups -OCH3 is 1. The number of unbranched alkanes of at least 4 members (excludes halogenated alkanes) is 3. The van der Waals surface area contributed by atoms with E-state index in [0.717, 1.165) is 49.1 Å². The summed E-state index contributed by atoms with van der Waals surface area (Å²) >= 11 is 0. The average Bonchev–Trinajstić information content (AvgIpc) is 2.86. The molecule has 4 atom stereocenters. The lowest BCUT2D eigenvalue weighted by Crippen LogP contribution is -2.40. The van der Waals surface area contributed by atoms with Crippen LogP contribution in [-0.2, 0) is 4.79 Å². The van der Waals surface area contributed by atoms with Crippen LogP contribution in [0.1, 0.15) is 103 Å². The van der Waals surface area contributed by atoms with Crippen molar-refractivity contribution in [2.75, 3.05) is 7.11 Å². The molecule has 4 unspecified atom stereocenters. The van der Waals surface area contributed by atoms with Gasteiger partial charge in [-0.2, -0.15) is 0 Å². The van der Waals surface area contributed by atoms with Crippen LogP contribution >= 0.6 is 0 Å². The molecule has 0 saturated heterocycles. The maximum absolute atomic E-state index is 14.1. The first-order valence-corrected chi connectivity index (χ1v) is 14.2. The van der Waals surface area contributed by atoms with Crippen molar-refractivity contribution >= 4 is 5.97 Å². The fourth-order valence-corrected chi connectivity index (χ4v) is 7.51. The summed E-state index contributed by atoms with van der Waals surface area (Å²) in [6, 6.07) is 2.08. The molecule has 1 aromatic carbocycles. The maximum Gasteiger partial charge on any atom is 0.314 e. The Kier molecular flexibility index (Phi) is 9.46. The summed E-state index contributed by atoms with van der Waals surface area (Å²) in [5, 5.41) is 0. The molecule has 0 bridgehead atoms. The van der Waals surface area contributed by atoms with Gasteiger partial charge < -0.3 is 9.47 Å². The molecule has 0 amide bonds. The highest BCUT2D eigenvalue weighted by atomic mass is 19.1. The topological polar surface area (TPSA) is 35.5 Å². The van der Waals surface area contributed by atoms with Crippen LogP contribution in [0.4, 0.5) is 8.78 Å². The molecule has 5 heteroatoms. The van der Waals surface area contributed by atoms with Gasteiger partial charge in [0.2, 0.25) is 0 Å².